The Balaban J connectivity index is 1.03. The van der Waals surface area contributed by atoms with Crippen LogP contribution in [0.3, 0.4) is 0 Å². The van der Waals surface area contributed by atoms with Crippen molar-refractivity contribution in [3.8, 4) is 22.5 Å². The smallest absolute Gasteiger partial charge is 0.322 e. The van der Waals surface area contributed by atoms with Crippen LogP contribution in [-0.2, 0) is 11.3 Å². The molecule has 2 aliphatic heterocycles. The number of piperidine rings is 1. The molecule has 4 aromatic rings. The van der Waals surface area contributed by atoms with Crippen molar-refractivity contribution in [2.24, 2.45) is 0 Å². The molecule has 2 aromatic carbocycles. The predicted molar refractivity (Wildman–Crippen MR) is 159 cm³/mol. The van der Waals surface area contributed by atoms with Gasteiger partial charge in [-0.15, -0.1) is 0 Å². The molecule has 3 fully saturated rings. The molecule has 2 atom stereocenters. The first-order valence-corrected chi connectivity index (χ1v) is 15.0. The molecule has 1 saturated carbocycles. The summed E-state index contributed by atoms with van der Waals surface area (Å²) in [6, 6.07) is 19.3. The van der Waals surface area contributed by atoms with E-state index in [1.807, 2.05) is 65.6 Å². The molecular weight excluding hydrogens is 559 g/mol. The third-order valence-corrected chi connectivity index (χ3v) is 9.06. The molecule has 3 aliphatic rings. The van der Waals surface area contributed by atoms with E-state index in [-0.39, 0.29) is 24.2 Å². The summed E-state index contributed by atoms with van der Waals surface area (Å²) in [4.78, 5) is 19.9. The van der Waals surface area contributed by atoms with Gasteiger partial charge in [-0.05, 0) is 74.9 Å². The van der Waals surface area contributed by atoms with Gasteiger partial charge in [0.15, 0.2) is 0 Å². The minimum Gasteiger partial charge on any atom is -0.373 e. The normalized spacial score (nSPS) is 21.7. The Morgan fingerprint density at radius 1 is 0.976 bits per heavy atom. The zero-order chi connectivity index (χ0) is 27.9. The standard InChI is InChI=1S/C32H30Cl2N4O3/c33-26-7-4-8-27(34)29(26)30-25(31(41-37-30)19-10-11-19)18-40-24-16-22-12-13-23(17-24)38(22)32(39)36-21-6-3-5-20(15-21)28-9-1-2-14-35-28/h1-9,14-15,19,22-24H,10-13,16-18H2,(H,36,39). The summed E-state index contributed by atoms with van der Waals surface area (Å²) in [5, 5.41) is 8.59. The second-order valence-corrected chi connectivity index (χ2v) is 12.0. The van der Waals surface area contributed by atoms with Crippen molar-refractivity contribution >= 4 is 34.9 Å². The minimum absolute atomic E-state index is 0.0422. The van der Waals surface area contributed by atoms with Gasteiger partial charge in [0, 0.05) is 46.6 Å². The molecule has 1 aliphatic carbocycles. The van der Waals surface area contributed by atoms with E-state index >= 15 is 0 Å². The van der Waals surface area contributed by atoms with E-state index in [1.54, 1.807) is 6.20 Å². The summed E-state index contributed by atoms with van der Waals surface area (Å²) < 4.78 is 12.3. The molecule has 2 aromatic heterocycles. The number of amides is 2. The van der Waals surface area contributed by atoms with Crippen LogP contribution < -0.4 is 5.32 Å². The van der Waals surface area contributed by atoms with Gasteiger partial charge in [-0.3, -0.25) is 4.98 Å². The Morgan fingerprint density at radius 3 is 2.44 bits per heavy atom. The van der Waals surface area contributed by atoms with Crippen LogP contribution in [0.15, 0.2) is 71.4 Å². The molecule has 2 saturated heterocycles. The van der Waals surface area contributed by atoms with Gasteiger partial charge in [-0.2, -0.15) is 0 Å². The van der Waals surface area contributed by atoms with E-state index in [0.29, 0.717) is 33.8 Å². The van der Waals surface area contributed by atoms with Crippen LogP contribution in [0.1, 0.15) is 55.8 Å². The number of nitrogens with one attached hydrogen (secondary N) is 1. The fourth-order valence-corrected chi connectivity index (χ4v) is 6.90. The zero-order valence-electron chi connectivity index (χ0n) is 22.4. The molecule has 2 bridgehead atoms. The lowest BCUT2D eigenvalue weighted by Crippen LogP contribution is -2.50. The lowest BCUT2D eigenvalue weighted by Gasteiger charge is -2.38. The summed E-state index contributed by atoms with van der Waals surface area (Å²) in [5.41, 5.74) is 4.89. The van der Waals surface area contributed by atoms with Gasteiger partial charge in [0.25, 0.3) is 0 Å². The maximum Gasteiger partial charge on any atom is 0.322 e. The van der Waals surface area contributed by atoms with E-state index < -0.39 is 0 Å². The molecule has 0 spiro atoms. The van der Waals surface area contributed by atoms with Crippen LogP contribution in [0.25, 0.3) is 22.5 Å². The van der Waals surface area contributed by atoms with Crippen LogP contribution >= 0.6 is 23.2 Å². The van der Waals surface area contributed by atoms with E-state index in [4.69, 9.17) is 32.5 Å². The maximum atomic E-state index is 13.4. The summed E-state index contributed by atoms with van der Waals surface area (Å²) in [5.74, 6) is 1.25. The summed E-state index contributed by atoms with van der Waals surface area (Å²) in [6.45, 7) is 0.378. The first-order valence-electron chi connectivity index (χ1n) is 14.2. The van der Waals surface area contributed by atoms with E-state index in [1.165, 1.54) is 0 Å². The Labute approximate surface area is 248 Å². The minimum atomic E-state index is -0.0557. The zero-order valence-corrected chi connectivity index (χ0v) is 23.9. The molecule has 4 heterocycles. The molecule has 0 radical (unpaired) electrons. The Morgan fingerprint density at radius 2 is 1.73 bits per heavy atom. The number of halogens is 2. The first kappa shape index (κ1) is 26.5. The highest BCUT2D eigenvalue weighted by Gasteiger charge is 2.44. The van der Waals surface area contributed by atoms with Gasteiger partial charge in [0.05, 0.1) is 28.5 Å². The molecule has 41 heavy (non-hydrogen) atoms. The number of ether oxygens (including phenoxy) is 1. The maximum absolute atomic E-state index is 13.4. The topological polar surface area (TPSA) is 80.5 Å². The van der Waals surface area contributed by atoms with Crippen LogP contribution in [0.4, 0.5) is 10.5 Å². The Kier molecular flexibility index (Phi) is 7.19. The number of benzene rings is 2. The number of aromatic nitrogens is 2. The van der Waals surface area contributed by atoms with Gasteiger partial charge >= 0.3 is 6.03 Å². The summed E-state index contributed by atoms with van der Waals surface area (Å²) in [7, 11) is 0. The number of hydrogen-bond acceptors (Lipinski definition) is 5. The van der Waals surface area contributed by atoms with Crippen molar-refractivity contribution in [2.45, 2.75) is 69.2 Å². The van der Waals surface area contributed by atoms with Gasteiger partial charge in [-0.1, -0.05) is 52.6 Å². The number of fused-ring (bicyclic) bond motifs is 2. The molecule has 1 N–H and O–H groups in total. The molecule has 2 unspecified atom stereocenters. The number of rotatable bonds is 7. The third-order valence-electron chi connectivity index (χ3n) is 8.43. The highest BCUT2D eigenvalue weighted by Crippen LogP contribution is 2.46. The second kappa shape index (κ2) is 11.1. The molecule has 2 amide bonds. The SMILES string of the molecule is O=C(Nc1cccc(-c2ccccn2)c1)N1C2CCC1CC(OCc1c(-c3c(Cl)cccc3Cl)noc1C1CC1)C2. The van der Waals surface area contributed by atoms with Crippen molar-refractivity contribution in [3.63, 3.8) is 0 Å². The average Bonchev–Trinajstić information content (AvgIpc) is 3.68. The number of hydrogen-bond donors (Lipinski definition) is 1. The lowest BCUT2D eigenvalue weighted by molar-refractivity contribution is -0.0158. The second-order valence-electron chi connectivity index (χ2n) is 11.2. The fraction of sp³-hybridized carbons (Fsp3) is 0.344. The molecule has 7 rings (SSSR count). The highest BCUT2D eigenvalue weighted by molar-refractivity contribution is 6.39. The van der Waals surface area contributed by atoms with Crippen LogP contribution in [-0.4, -0.2) is 39.3 Å². The number of urea groups is 1. The van der Waals surface area contributed by atoms with E-state index in [2.05, 4.69) is 15.5 Å². The molecular formula is C32H30Cl2N4O3. The van der Waals surface area contributed by atoms with Gasteiger partial charge < -0.3 is 19.5 Å². The Bertz CT molecular complexity index is 1540. The lowest BCUT2D eigenvalue weighted by atomic mass is 9.99. The van der Waals surface area contributed by atoms with Gasteiger partial charge in [0.1, 0.15) is 11.5 Å². The molecule has 9 heteroatoms. The largest absolute Gasteiger partial charge is 0.373 e. The summed E-state index contributed by atoms with van der Waals surface area (Å²) in [6.07, 6.45) is 7.53. The number of carbonyl (C=O) groups is 1. The van der Waals surface area contributed by atoms with Crippen molar-refractivity contribution in [2.75, 3.05) is 5.32 Å². The highest BCUT2D eigenvalue weighted by atomic mass is 35.5. The predicted octanol–water partition coefficient (Wildman–Crippen LogP) is 8.33. The van der Waals surface area contributed by atoms with Crippen LogP contribution in [0, 0.1) is 0 Å². The van der Waals surface area contributed by atoms with Gasteiger partial charge in [-0.25, -0.2) is 4.79 Å². The number of carbonyl (C=O) groups excluding carboxylic acids is 1. The number of pyridine rings is 1. The Hall–Kier alpha value is -3.39. The van der Waals surface area contributed by atoms with Crippen molar-refractivity contribution in [1.82, 2.24) is 15.0 Å². The van der Waals surface area contributed by atoms with Crippen molar-refractivity contribution in [1.29, 1.82) is 0 Å². The van der Waals surface area contributed by atoms with Crippen LogP contribution in [0.2, 0.25) is 10.0 Å². The van der Waals surface area contributed by atoms with Gasteiger partial charge in [0.2, 0.25) is 0 Å². The number of anilines is 1. The van der Waals surface area contributed by atoms with Crippen molar-refractivity contribution < 1.29 is 14.1 Å². The average molecular weight is 590 g/mol. The third kappa shape index (κ3) is 5.34. The number of nitrogens with zero attached hydrogens (tertiary/aromatic N) is 3. The molecule has 7 nitrogen and oxygen atoms in total. The van der Waals surface area contributed by atoms with Crippen LogP contribution in [0.5, 0.6) is 0 Å². The monoisotopic (exact) mass is 588 g/mol. The quantitative estimate of drug-likeness (QED) is 0.234. The molecule has 210 valence electrons. The fourth-order valence-electron chi connectivity index (χ4n) is 6.32. The van der Waals surface area contributed by atoms with Crippen molar-refractivity contribution in [3.05, 3.63) is 88.2 Å². The van der Waals surface area contributed by atoms with E-state index in [0.717, 1.165) is 66.8 Å². The summed E-state index contributed by atoms with van der Waals surface area (Å²) >= 11 is 13.1. The first-order chi connectivity index (χ1) is 20.0. The van der Waals surface area contributed by atoms with E-state index in [9.17, 15) is 4.79 Å².